The SMILES string of the molecule is CCC(C)N(CC(=O)O)S(=O)(=O)NCC(F)(F)F. The van der Waals surface area contributed by atoms with E-state index in [1.165, 1.54) is 11.6 Å². The first-order chi connectivity index (χ1) is 7.99. The molecule has 10 heteroatoms. The first-order valence-electron chi connectivity index (χ1n) is 5.04. The Kier molecular flexibility index (Phi) is 6.04. The smallest absolute Gasteiger partial charge is 0.402 e. The summed E-state index contributed by atoms with van der Waals surface area (Å²) < 4.78 is 60.7. The van der Waals surface area contributed by atoms with Crippen molar-refractivity contribution in [1.82, 2.24) is 9.03 Å². The summed E-state index contributed by atoms with van der Waals surface area (Å²) in [6, 6.07) is -0.716. The Labute approximate surface area is 103 Å². The number of halogens is 3. The lowest BCUT2D eigenvalue weighted by Gasteiger charge is -2.26. The Bertz CT molecular complexity index is 382. The van der Waals surface area contributed by atoms with Crippen molar-refractivity contribution in [3.8, 4) is 0 Å². The Morgan fingerprint density at radius 3 is 2.28 bits per heavy atom. The van der Waals surface area contributed by atoms with Gasteiger partial charge in [-0.1, -0.05) is 6.92 Å². The maximum atomic E-state index is 11.9. The second-order valence-electron chi connectivity index (χ2n) is 3.64. The molecule has 18 heavy (non-hydrogen) atoms. The normalized spacial score (nSPS) is 14.8. The van der Waals surface area contributed by atoms with Crippen molar-refractivity contribution in [2.75, 3.05) is 13.1 Å². The molecule has 108 valence electrons. The molecule has 0 aromatic rings. The summed E-state index contributed by atoms with van der Waals surface area (Å²) in [7, 11) is -4.48. The highest BCUT2D eigenvalue weighted by molar-refractivity contribution is 7.87. The number of rotatable bonds is 7. The average molecular weight is 292 g/mol. The zero-order valence-electron chi connectivity index (χ0n) is 9.86. The molecular formula is C8H15F3N2O4S. The molecule has 0 rings (SSSR count). The Hall–Kier alpha value is -0.870. The second-order valence-corrected chi connectivity index (χ2v) is 5.35. The minimum absolute atomic E-state index is 0.278. The van der Waals surface area contributed by atoms with E-state index in [0.717, 1.165) is 0 Å². The Morgan fingerprint density at radius 2 is 1.94 bits per heavy atom. The highest BCUT2D eigenvalue weighted by atomic mass is 32.2. The minimum atomic E-state index is -4.70. The molecule has 0 amide bonds. The maximum absolute atomic E-state index is 11.9. The predicted molar refractivity (Wildman–Crippen MR) is 57.1 cm³/mol. The molecule has 0 aromatic heterocycles. The lowest BCUT2D eigenvalue weighted by atomic mass is 10.2. The van der Waals surface area contributed by atoms with Gasteiger partial charge in [0, 0.05) is 6.04 Å². The zero-order chi connectivity index (χ0) is 14.6. The highest BCUT2D eigenvalue weighted by Crippen LogP contribution is 2.15. The van der Waals surface area contributed by atoms with E-state index in [-0.39, 0.29) is 6.42 Å². The molecule has 0 spiro atoms. The molecule has 6 nitrogen and oxygen atoms in total. The van der Waals surface area contributed by atoms with E-state index in [4.69, 9.17) is 5.11 Å². The van der Waals surface area contributed by atoms with Gasteiger partial charge in [0.2, 0.25) is 0 Å². The Balaban J connectivity index is 4.92. The molecule has 0 saturated carbocycles. The van der Waals surface area contributed by atoms with Crippen LogP contribution in [0.5, 0.6) is 0 Å². The number of alkyl halides is 3. The molecule has 0 aromatic carbocycles. The summed E-state index contributed by atoms with van der Waals surface area (Å²) >= 11 is 0. The Morgan fingerprint density at radius 1 is 1.44 bits per heavy atom. The summed E-state index contributed by atoms with van der Waals surface area (Å²) in [5.74, 6) is -1.44. The van der Waals surface area contributed by atoms with Crippen LogP contribution in [-0.4, -0.2) is 49.1 Å². The standard InChI is InChI=1S/C8H15F3N2O4S/c1-3-6(2)13(4-7(14)15)18(16,17)12-5-8(9,10)11/h6,12H,3-5H2,1-2H3,(H,14,15). The number of nitrogens with zero attached hydrogens (tertiary/aromatic N) is 1. The third-order valence-electron chi connectivity index (χ3n) is 2.14. The van der Waals surface area contributed by atoms with E-state index in [1.54, 1.807) is 6.92 Å². The average Bonchev–Trinajstić information content (AvgIpc) is 2.21. The van der Waals surface area contributed by atoms with E-state index >= 15 is 0 Å². The molecule has 0 aliphatic heterocycles. The van der Waals surface area contributed by atoms with Gasteiger partial charge in [-0.05, 0) is 13.3 Å². The van der Waals surface area contributed by atoms with Crippen molar-refractivity contribution >= 4 is 16.2 Å². The second kappa shape index (κ2) is 6.34. The first-order valence-corrected chi connectivity index (χ1v) is 6.48. The van der Waals surface area contributed by atoms with Gasteiger partial charge in [-0.15, -0.1) is 0 Å². The molecular weight excluding hydrogens is 277 g/mol. The zero-order valence-corrected chi connectivity index (χ0v) is 10.7. The fourth-order valence-electron chi connectivity index (χ4n) is 1.07. The lowest BCUT2D eigenvalue weighted by molar-refractivity contribution is -0.137. The fourth-order valence-corrected chi connectivity index (χ4v) is 2.49. The number of carboxylic acids is 1. The molecule has 0 radical (unpaired) electrons. The number of nitrogens with one attached hydrogen (secondary N) is 1. The molecule has 0 aliphatic rings. The molecule has 0 heterocycles. The van der Waals surface area contributed by atoms with Crippen molar-refractivity contribution in [1.29, 1.82) is 0 Å². The maximum Gasteiger partial charge on any atom is 0.402 e. The number of carboxylic acid groups (broad SMARTS) is 1. The summed E-state index contributed by atoms with van der Waals surface area (Å²) in [5.41, 5.74) is 0. The predicted octanol–water partition coefficient (Wildman–Crippen LogP) is 0.568. The highest BCUT2D eigenvalue weighted by Gasteiger charge is 2.34. The van der Waals surface area contributed by atoms with Gasteiger partial charge in [0.05, 0.1) is 0 Å². The number of carbonyl (C=O) groups is 1. The summed E-state index contributed by atoms with van der Waals surface area (Å²) in [5, 5.41) is 8.56. The van der Waals surface area contributed by atoms with Crippen LogP contribution in [0.1, 0.15) is 20.3 Å². The van der Waals surface area contributed by atoms with Gasteiger partial charge >= 0.3 is 12.1 Å². The van der Waals surface area contributed by atoms with E-state index in [0.29, 0.717) is 4.31 Å². The molecule has 1 atom stereocenters. The largest absolute Gasteiger partial charge is 0.480 e. The fraction of sp³-hybridized carbons (Fsp3) is 0.875. The van der Waals surface area contributed by atoms with Crippen molar-refractivity contribution < 1.29 is 31.5 Å². The van der Waals surface area contributed by atoms with Gasteiger partial charge in [-0.3, -0.25) is 4.79 Å². The summed E-state index contributed by atoms with van der Waals surface area (Å²) in [4.78, 5) is 10.5. The van der Waals surface area contributed by atoms with Crippen LogP contribution in [0.15, 0.2) is 0 Å². The van der Waals surface area contributed by atoms with E-state index < -0.39 is 41.5 Å². The van der Waals surface area contributed by atoms with E-state index in [9.17, 15) is 26.4 Å². The first kappa shape index (κ1) is 17.1. The van der Waals surface area contributed by atoms with Gasteiger partial charge in [0.15, 0.2) is 0 Å². The van der Waals surface area contributed by atoms with Crippen LogP contribution in [0.2, 0.25) is 0 Å². The van der Waals surface area contributed by atoms with Crippen molar-refractivity contribution in [2.45, 2.75) is 32.5 Å². The van der Waals surface area contributed by atoms with Crippen LogP contribution in [-0.2, 0) is 15.0 Å². The van der Waals surface area contributed by atoms with Crippen molar-refractivity contribution in [2.24, 2.45) is 0 Å². The van der Waals surface area contributed by atoms with Crippen LogP contribution < -0.4 is 4.72 Å². The van der Waals surface area contributed by atoms with Gasteiger partial charge in [-0.2, -0.15) is 30.6 Å². The number of aliphatic carboxylic acids is 1. The van der Waals surface area contributed by atoms with Crippen LogP contribution in [0.3, 0.4) is 0 Å². The van der Waals surface area contributed by atoms with Gasteiger partial charge in [-0.25, -0.2) is 0 Å². The minimum Gasteiger partial charge on any atom is -0.480 e. The van der Waals surface area contributed by atoms with E-state index in [1.807, 2.05) is 0 Å². The van der Waals surface area contributed by atoms with Crippen molar-refractivity contribution in [3.05, 3.63) is 0 Å². The molecule has 0 aliphatic carbocycles. The molecule has 0 bridgehead atoms. The van der Waals surface area contributed by atoms with Crippen LogP contribution >= 0.6 is 0 Å². The monoisotopic (exact) mass is 292 g/mol. The van der Waals surface area contributed by atoms with Crippen molar-refractivity contribution in [3.63, 3.8) is 0 Å². The van der Waals surface area contributed by atoms with Crippen LogP contribution in [0.25, 0.3) is 0 Å². The molecule has 2 N–H and O–H groups in total. The van der Waals surface area contributed by atoms with Crippen LogP contribution in [0, 0.1) is 0 Å². The van der Waals surface area contributed by atoms with Crippen LogP contribution in [0.4, 0.5) is 13.2 Å². The number of hydrogen-bond acceptors (Lipinski definition) is 3. The molecule has 1 unspecified atom stereocenters. The summed E-state index contributed by atoms with van der Waals surface area (Å²) in [6.07, 6.45) is -4.42. The van der Waals surface area contributed by atoms with Gasteiger partial charge in [0.25, 0.3) is 10.2 Å². The third kappa shape index (κ3) is 6.17. The van der Waals surface area contributed by atoms with Gasteiger partial charge < -0.3 is 5.11 Å². The third-order valence-corrected chi connectivity index (χ3v) is 3.75. The van der Waals surface area contributed by atoms with Gasteiger partial charge in [0.1, 0.15) is 13.1 Å². The summed E-state index contributed by atoms with van der Waals surface area (Å²) in [6.45, 7) is 0.388. The van der Waals surface area contributed by atoms with E-state index in [2.05, 4.69) is 0 Å². The number of hydrogen-bond donors (Lipinski definition) is 2. The topological polar surface area (TPSA) is 86.7 Å². The molecule has 0 fully saturated rings. The molecule has 0 saturated heterocycles. The lowest BCUT2D eigenvalue weighted by Crippen LogP contribution is -2.49. The quantitative estimate of drug-likeness (QED) is 0.718.